The second-order valence-electron chi connectivity index (χ2n) is 4.41. The topological polar surface area (TPSA) is 79.5 Å². The van der Waals surface area contributed by atoms with Crippen LogP contribution in [0.4, 0.5) is 4.79 Å². The van der Waals surface area contributed by atoms with Gasteiger partial charge in [0.1, 0.15) is 6.34 Å². The third-order valence-electron chi connectivity index (χ3n) is 2.66. The third kappa shape index (κ3) is 15.0. The van der Waals surface area contributed by atoms with E-state index in [9.17, 15) is 4.79 Å². The van der Waals surface area contributed by atoms with Crippen molar-refractivity contribution in [3.63, 3.8) is 0 Å². The Balaban J connectivity index is 3.08. The molecule has 5 nitrogen and oxygen atoms in total. The van der Waals surface area contributed by atoms with E-state index in [1.165, 1.54) is 50.6 Å². The van der Waals surface area contributed by atoms with Crippen LogP contribution in [0.3, 0.4) is 0 Å². The molecule has 0 aromatic carbocycles. The van der Waals surface area contributed by atoms with Crippen LogP contribution in [0.5, 0.6) is 0 Å². The van der Waals surface area contributed by atoms with E-state index < -0.39 is 0 Å². The van der Waals surface area contributed by atoms with Gasteiger partial charge in [-0.25, -0.2) is 4.79 Å². The first-order chi connectivity index (χ1) is 9.31. The molecule has 112 valence electrons. The molecule has 0 saturated carbocycles. The number of hydrazone groups is 1. The van der Waals surface area contributed by atoms with E-state index in [0.717, 1.165) is 12.2 Å². The lowest BCUT2D eigenvalue weighted by atomic mass is 10.1. The molecule has 0 aliphatic heterocycles. The molecular formula is C13H28N4OS. The monoisotopic (exact) mass is 288 g/mol. The number of rotatable bonds is 12. The normalized spacial score (nSPS) is 10.8. The van der Waals surface area contributed by atoms with Gasteiger partial charge in [0.2, 0.25) is 0 Å². The summed E-state index contributed by atoms with van der Waals surface area (Å²) in [6, 6.07) is -0.255. The number of urea groups is 1. The maximum absolute atomic E-state index is 11.1. The highest BCUT2D eigenvalue weighted by Gasteiger charge is 1.96. The van der Waals surface area contributed by atoms with Gasteiger partial charge < -0.3 is 11.2 Å². The van der Waals surface area contributed by atoms with Gasteiger partial charge in [-0.15, -0.1) is 0 Å². The molecular weight excluding hydrogens is 260 g/mol. The molecule has 19 heavy (non-hydrogen) atoms. The SMILES string of the molecule is CCCCCCCCSCCCNC(=O)NC=NN. The van der Waals surface area contributed by atoms with E-state index in [-0.39, 0.29) is 6.03 Å². The molecule has 0 unspecified atom stereocenters. The largest absolute Gasteiger partial charge is 0.338 e. The Morgan fingerprint density at radius 3 is 2.58 bits per heavy atom. The fourth-order valence-corrected chi connectivity index (χ4v) is 2.57. The first-order valence-electron chi connectivity index (χ1n) is 7.15. The van der Waals surface area contributed by atoms with Crippen LogP contribution in [0.1, 0.15) is 51.9 Å². The van der Waals surface area contributed by atoms with Crippen LogP contribution in [0.2, 0.25) is 0 Å². The quantitative estimate of drug-likeness (QED) is 0.170. The van der Waals surface area contributed by atoms with Crippen LogP contribution in [0.15, 0.2) is 5.10 Å². The summed E-state index contributed by atoms with van der Waals surface area (Å²) in [5.41, 5.74) is 0. The summed E-state index contributed by atoms with van der Waals surface area (Å²) < 4.78 is 0. The van der Waals surface area contributed by atoms with Crippen LogP contribution >= 0.6 is 11.8 Å². The van der Waals surface area contributed by atoms with Gasteiger partial charge in [0.15, 0.2) is 0 Å². The molecule has 0 aliphatic rings. The molecule has 0 spiro atoms. The molecule has 0 aromatic heterocycles. The van der Waals surface area contributed by atoms with E-state index in [1.54, 1.807) is 0 Å². The Kier molecular flexibility index (Phi) is 14.4. The lowest BCUT2D eigenvalue weighted by Crippen LogP contribution is -2.35. The minimum atomic E-state index is -0.255. The van der Waals surface area contributed by atoms with Crippen molar-refractivity contribution in [2.45, 2.75) is 51.9 Å². The maximum Gasteiger partial charge on any atom is 0.319 e. The minimum Gasteiger partial charge on any atom is -0.338 e. The summed E-state index contributed by atoms with van der Waals surface area (Å²) in [6.45, 7) is 2.93. The zero-order valence-corrected chi connectivity index (χ0v) is 12.8. The van der Waals surface area contributed by atoms with Gasteiger partial charge in [-0.1, -0.05) is 39.0 Å². The summed E-state index contributed by atoms with van der Waals surface area (Å²) in [6.07, 6.45) is 10.3. The Labute approximate surface area is 121 Å². The second-order valence-corrected chi connectivity index (χ2v) is 5.64. The van der Waals surface area contributed by atoms with Crippen molar-refractivity contribution in [1.82, 2.24) is 10.6 Å². The molecule has 0 atom stereocenters. The highest BCUT2D eigenvalue weighted by molar-refractivity contribution is 7.99. The van der Waals surface area contributed by atoms with Crippen LogP contribution in [-0.2, 0) is 0 Å². The number of nitrogens with zero attached hydrogens (tertiary/aromatic N) is 1. The molecule has 0 heterocycles. The number of nitrogens with one attached hydrogen (secondary N) is 2. The first kappa shape index (κ1) is 18.1. The zero-order chi connectivity index (χ0) is 14.2. The predicted molar refractivity (Wildman–Crippen MR) is 84.5 cm³/mol. The average molecular weight is 288 g/mol. The van der Waals surface area contributed by atoms with Crippen LogP contribution in [0, 0.1) is 0 Å². The Morgan fingerprint density at radius 1 is 1.16 bits per heavy atom. The number of carbonyl (C=O) groups excluding carboxylic acids is 1. The first-order valence-corrected chi connectivity index (χ1v) is 8.30. The molecule has 6 heteroatoms. The third-order valence-corrected chi connectivity index (χ3v) is 3.82. The van der Waals surface area contributed by atoms with Gasteiger partial charge in [-0.3, -0.25) is 5.32 Å². The standard InChI is InChI=1S/C13H28N4OS/c1-2-3-4-5-6-7-10-19-11-8-9-15-13(18)16-12-17-14/h12H,2-11,14H2,1H3,(H2,15,16,17,18). The van der Waals surface area contributed by atoms with Gasteiger partial charge in [-0.2, -0.15) is 16.9 Å². The van der Waals surface area contributed by atoms with Crippen molar-refractivity contribution in [2.24, 2.45) is 10.9 Å². The Hall–Kier alpha value is -0.910. The molecule has 0 saturated heterocycles. The Bertz CT molecular complexity index is 237. The molecule has 0 rings (SSSR count). The predicted octanol–water partition coefficient (Wildman–Crippen LogP) is 2.67. The van der Waals surface area contributed by atoms with Crippen LogP contribution < -0.4 is 16.5 Å². The number of hydrogen-bond acceptors (Lipinski definition) is 4. The van der Waals surface area contributed by atoms with Crippen molar-refractivity contribution >= 4 is 24.1 Å². The van der Waals surface area contributed by atoms with Crippen LogP contribution in [-0.4, -0.2) is 30.4 Å². The van der Waals surface area contributed by atoms with Gasteiger partial charge in [0.25, 0.3) is 0 Å². The maximum atomic E-state index is 11.1. The Morgan fingerprint density at radius 2 is 1.84 bits per heavy atom. The summed E-state index contributed by atoms with van der Waals surface area (Å²) >= 11 is 1.97. The molecule has 4 N–H and O–H groups in total. The van der Waals surface area contributed by atoms with Crippen molar-refractivity contribution < 1.29 is 4.79 Å². The fourth-order valence-electron chi connectivity index (χ4n) is 1.61. The zero-order valence-electron chi connectivity index (χ0n) is 12.0. The molecule has 0 bridgehead atoms. The lowest BCUT2D eigenvalue weighted by molar-refractivity contribution is 0.245. The molecule has 0 aromatic rings. The van der Waals surface area contributed by atoms with Crippen molar-refractivity contribution in [1.29, 1.82) is 0 Å². The number of thioether (sulfide) groups is 1. The van der Waals surface area contributed by atoms with Crippen molar-refractivity contribution in [3.8, 4) is 0 Å². The number of amides is 2. The number of nitrogens with two attached hydrogens (primary N) is 1. The van der Waals surface area contributed by atoms with Crippen molar-refractivity contribution in [2.75, 3.05) is 18.1 Å². The summed E-state index contributed by atoms with van der Waals surface area (Å²) in [7, 11) is 0. The second kappa shape index (κ2) is 15.1. The van der Waals surface area contributed by atoms with E-state index in [1.807, 2.05) is 11.8 Å². The van der Waals surface area contributed by atoms with E-state index in [4.69, 9.17) is 5.84 Å². The van der Waals surface area contributed by atoms with Crippen molar-refractivity contribution in [3.05, 3.63) is 0 Å². The molecule has 0 radical (unpaired) electrons. The molecule has 0 aliphatic carbocycles. The minimum absolute atomic E-state index is 0.255. The van der Waals surface area contributed by atoms with Crippen LogP contribution in [0.25, 0.3) is 0 Å². The number of hydrogen-bond donors (Lipinski definition) is 3. The summed E-state index contributed by atoms with van der Waals surface area (Å²) in [5, 5.41) is 8.31. The van der Waals surface area contributed by atoms with Gasteiger partial charge in [0, 0.05) is 6.54 Å². The van der Waals surface area contributed by atoms with E-state index in [0.29, 0.717) is 6.54 Å². The number of unbranched alkanes of at least 4 members (excludes halogenated alkanes) is 5. The van der Waals surface area contributed by atoms with Gasteiger partial charge in [0.05, 0.1) is 0 Å². The van der Waals surface area contributed by atoms with E-state index in [2.05, 4.69) is 22.7 Å². The molecule has 2 amide bonds. The highest BCUT2D eigenvalue weighted by Crippen LogP contribution is 2.10. The highest BCUT2D eigenvalue weighted by atomic mass is 32.2. The summed E-state index contributed by atoms with van der Waals surface area (Å²) in [4.78, 5) is 11.1. The smallest absolute Gasteiger partial charge is 0.319 e. The van der Waals surface area contributed by atoms with E-state index >= 15 is 0 Å². The van der Waals surface area contributed by atoms with Gasteiger partial charge >= 0.3 is 6.03 Å². The molecule has 0 fully saturated rings. The average Bonchev–Trinajstić information content (AvgIpc) is 2.42. The number of carbonyl (C=O) groups is 1. The fraction of sp³-hybridized carbons (Fsp3) is 0.846. The summed E-state index contributed by atoms with van der Waals surface area (Å²) in [5.74, 6) is 7.19. The lowest BCUT2D eigenvalue weighted by Gasteiger charge is -2.04. The van der Waals surface area contributed by atoms with Gasteiger partial charge in [-0.05, 0) is 24.3 Å².